The van der Waals surface area contributed by atoms with E-state index >= 15 is 0 Å². The average Bonchev–Trinajstić information content (AvgIpc) is 3.21. The van der Waals surface area contributed by atoms with Gasteiger partial charge in [-0.3, -0.25) is 4.79 Å². The lowest BCUT2D eigenvalue weighted by Crippen LogP contribution is -2.48. The topological polar surface area (TPSA) is 55.6 Å². The first-order valence-electron chi connectivity index (χ1n) is 8.24. The first kappa shape index (κ1) is 15.3. The van der Waals surface area contributed by atoms with E-state index in [0.29, 0.717) is 37.4 Å². The Hall–Kier alpha value is -2.21. The molecular weight excluding hydrogens is 311 g/mol. The number of carbonyl (C=O) groups excluding carboxylic acids is 1. The number of hydrogen-bond acceptors (Lipinski definition) is 4. The molecule has 1 unspecified atom stereocenters. The highest BCUT2D eigenvalue weighted by Gasteiger charge is 2.42. The SMILES string of the molecule is CC1(C(=O)N2CCc3onc(-c4ccccc4F)c3C2)CCCO1. The van der Waals surface area contributed by atoms with Crippen molar-refractivity contribution in [2.75, 3.05) is 13.2 Å². The molecule has 24 heavy (non-hydrogen) atoms. The van der Waals surface area contributed by atoms with Crippen molar-refractivity contribution in [2.24, 2.45) is 0 Å². The summed E-state index contributed by atoms with van der Waals surface area (Å²) in [6, 6.07) is 6.48. The van der Waals surface area contributed by atoms with Crippen LogP contribution < -0.4 is 0 Å². The summed E-state index contributed by atoms with van der Waals surface area (Å²) >= 11 is 0. The molecule has 2 aliphatic rings. The maximum absolute atomic E-state index is 14.1. The van der Waals surface area contributed by atoms with E-state index in [1.165, 1.54) is 6.07 Å². The Balaban J connectivity index is 1.64. The number of benzene rings is 1. The first-order valence-corrected chi connectivity index (χ1v) is 8.24. The zero-order valence-corrected chi connectivity index (χ0v) is 13.5. The van der Waals surface area contributed by atoms with Gasteiger partial charge in [0.15, 0.2) is 0 Å². The Labute approximate surface area is 139 Å². The number of halogens is 1. The van der Waals surface area contributed by atoms with Crippen LogP contribution in [0.4, 0.5) is 4.39 Å². The summed E-state index contributed by atoms with van der Waals surface area (Å²) in [6.07, 6.45) is 2.21. The van der Waals surface area contributed by atoms with Crippen molar-refractivity contribution in [3.8, 4) is 11.3 Å². The van der Waals surface area contributed by atoms with Crippen molar-refractivity contribution in [3.63, 3.8) is 0 Å². The molecule has 1 aromatic heterocycles. The van der Waals surface area contributed by atoms with Crippen LogP contribution in [0.5, 0.6) is 0 Å². The first-order chi connectivity index (χ1) is 11.6. The van der Waals surface area contributed by atoms with E-state index in [4.69, 9.17) is 9.26 Å². The van der Waals surface area contributed by atoms with E-state index < -0.39 is 5.60 Å². The fraction of sp³-hybridized carbons (Fsp3) is 0.444. The minimum Gasteiger partial charge on any atom is -0.365 e. The maximum atomic E-state index is 14.1. The molecule has 0 aliphatic carbocycles. The summed E-state index contributed by atoms with van der Waals surface area (Å²) in [7, 11) is 0. The maximum Gasteiger partial charge on any atom is 0.254 e. The van der Waals surface area contributed by atoms with Crippen molar-refractivity contribution < 1.29 is 18.4 Å². The van der Waals surface area contributed by atoms with E-state index in [9.17, 15) is 9.18 Å². The van der Waals surface area contributed by atoms with Crippen molar-refractivity contribution in [2.45, 2.75) is 38.3 Å². The lowest BCUT2D eigenvalue weighted by molar-refractivity contribution is -0.152. The summed E-state index contributed by atoms with van der Waals surface area (Å²) in [6.45, 7) is 3.41. The molecule has 4 rings (SSSR count). The molecule has 6 heteroatoms. The van der Waals surface area contributed by atoms with Crippen molar-refractivity contribution >= 4 is 5.91 Å². The molecule has 2 aromatic rings. The zero-order chi connectivity index (χ0) is 16.7. The molecule has 0 bridgehead atoms. The largest absolute Gasteiger partial charge is 0.365 e. The number of ether oxygens (including phenoxy) is 1. The number of aromatic nitrogens is 1. The molecule has 1 aromatic carbocycles. The lowest BCUT2D eigenvalue weighted by atomic mass is 9.97. The van der Waals surface area contributed by atoms with Gasteiger partial charge in [0.25, 0.3) is 5.91 Å². The number of amides is 1. The summed E-state index contributed by atoms with van der Waals surface area (Å²) in [5, 5.41) is 4.05. The third-order valence-electron chi connectivity index (χ3n) is 4.91. The fourth-order valence-electron chi connectivity index (χ4n) is 3.53. The molecule has 0 spiro atoms. The van der Waals surface area contributed by atoms with Crippen LogP contribution in [0, 0.1) is 5.82 Å². The van der Waals surface area contributed by atoms with Gasteiger partial charge in [0.1, 0.15) is 22.9 Å². The van der Waals surface area contributed by atoms with Gasteiger partial charge in [-0.05, 0) is 31.9 Å². The molecular formula is C18H19FN2O3. The molecule has 0 radical (unpaired) electrons. The third-order valence-corrected chi connectivity index (χ3v) is 4.91. The van der Waals surface area contributed by atoms with Gasteiger partial charge in [-0.15, -0.1) is 0 Å². The molecule has 1 atom stereocenters. The van der Waals surface area contributed by atoms with Crippen molar-refractivity contribution in [1.82, 2.24) is 10.1 Å². The number of hydrogen-bond donors (Lipinski definition) is 0. The number of carbonyl (C=O) groups is 1. The lowest BCUT2D eigenvalue weighted by Gasteiger charge is -2.33. The highest BCUT2D eigenvalue weighted by molar-refractivity contribution is 5.85. The van der Waals surface area contributed by atoms with Crippen LogP contribution >= 0.6 is 0 Å². The predicted molar refractivity (Wildman–Crippen MR) is 84.6 cm³/mol. The van der Waals surface area contributed by atoms with Gasteiger partial charge in [0.05, 0.1) is 6.54 Å². The zero-order valence-electron chi connectivity index (χ0n) is 13.5. The Morgan fingerprint density at radius 1 is 1.38 bits per heavy atom. The standard InChI is InChI=1S/C18H19FN2O3/c1-18(8-4-10-23-18)17(22)21-9-7-15-13(11-21)16(20-24-15)12-5-2-3-6-14(12)19/h2-3,5-6H,4,7-11H2,1H3. The van der Waals surface area contributed by atoms with Gasteiger partial charge in [0.2, 0.25) is 0 Å². The second kappa shape index (κ2) is 5.70. The molecule has 0 N–H and O–H groups in total. The van der Waals surface area contributed by atoms with Crippen LogP contribution in [0.15, 0.2) is 28.8 Å². The Morgan fingerprint density at radius 2 is 2.21 bits per heavy atom. The van der Waals surface area contributed by atoms with Crippen LogP contribution in [-0.4, -0.2) is 34.7 Å². The highest BCUT2D eigenvalue weighted by atomic mass is 19.1. The smallest absolute Gasteiger partial charge is 0.254 e. The summed E-state index contributed by atoms with van der Waals surface area (Å²) in [5.41, 5.74) is 0.937. The van der Waals surface area contributed by atoms with Gasteiger partial charge in [0, 0.05) is 30.7 Å². The van der Waals surface area contributed by atoms with Gasteiger partial charge >= 0.3 is 0 Å². The fourth-order valence-corrected chi connectivity index (χ4v) is 3.53. The van der Waals surface area contributed by atoms with Gasteiger partial charge in [-0.25, -0.2) is 4.39 Å². The molecule has 1 saturated heterocycles. The normalized spacial score (nSPS) is 23.3. The Bertz CT molecular complexity index is 780. The molecule has 5 nitrogen and oxygen atoms in total. The minimum atomic E-state index is -0.743. The average molecular weight is 330 g/mol. The van der Waals surface area contributed by atoms with Crippen molar-refractivity contribution in [3.05, 3.63) is 41.4 Å². The van der Waals surface area contributed by atoms with E-state index in [2.05, 4.69) is 5.16 Å². The molecule has 3 heterocycles. The molecule has 1 fully saturated rings. The van der Waals surface area contributed by atoms with Crippen LogP contribution in [-0.2, 0) is 22.5 Å². The van der Waals surface area contributed by atoms with Gasteiger partial charge < -0.3 is 14.2 Å². The van der Waals surface area contributed by atoms with Crippen molar-refractivity contribution in [1.29, 1.82) is 0 Å². The summed E-state index contributed by atoms with van der Waals surface area (Å²) < 4.78 is 25.2. The van der Waals surface area contributed by atoms with Gasteiger partial charge in [-0.2, -0.15) is 0 Å². The molecule has 2 aliphatic heterocycles. The predicted octanol–water partition coefficient (Wildman–Crippen LogP) is 2.93. The van der Waals surface area contributed by atoms with E-state index in [1.807, 2.05) is 6.92 Å². The van der Waals surface area contributed by atoms with E-state index in [1.54, 1.807) is 23.1 Å². The Kier molecular flexibility index (Phi) is 3.64. The molecule has 0 saturated carbocycles. The van der Waals surface area contributed by atoms with Crippen LogP contribution in [0.2, 0.25) is 0 Å². The monoisotopic (exact) mass is 330 g/mol. The van der Waals surface area contributed by atoms with Crippen LogP contribution in [0.25, 0.3) is 11.3 Å². The number of fused-ring (bicyclic) bond motifs is 1. The second-order valence-corrected chi connectivity index (χ2v) is 6.57. The third kappa shape index (κ3) is 2.41. The summed E-state index contributed by atoms with van der Waals surface area (Å²) in [5.74, 6) is 0.379. The second-order valence-electron chi connectivity index (χ2n) is 6.57. The van der Waals surface area contributed by atoms with E-state index in [0.717, 1.165) is 24.2 Å². The summed E-state index contributed by atoms with van der Waals surface area (Å²) in [4.78, 5) is 14.6. The van der Waals surface area contributed by atoms with Gasteiger partial charge in [-0.1, -0.05) is 17.3 Å². The quantitative estimate of drug-likeness (QED) is 0.849. The number of nitrogens with zero attached hydrogens (tertiary/aromatic N) is 2. The highest BCUT2D eigenvalue weighted by Crippen LogP contribution is 2.34. The Morgan fingerprint density at radius 3 is 2.96 bits per heavy atom. The molecule has 126 valence electrons. The van der Waals surface area contributed by atoms with E-state index in [-0.39, 0.29) is 11.7 Å². The number of rotatable bonds is 2. The molecule has 1 amide bonds. The minimum absolute atomic E-state index is 0.00802. The van der Waals surface area contributed by atoms with Crippen LogP contribution in [0.3, 0.4) is 0 Å². The van der Waals surface area contributed by atoms with Crippen LogP contribution in [0.1, 0.15) is 31.1 Å².